The van der Waals surface area contributed by atoms with Crippen molar-refractivity contribution < 1.29 is 9.53 Å². The summed E-state index contributed by atoms with van der Waals surface area (Å²) in [4.78, 5) is 18.5. The molecule has 3 aromatic carbocycles. The van der Waals surface area contributed by atoms with Gasteiger partial charge in [0.05, 0.1) is 12.8 Å². The first-order valence-electron chi connectivity index (χ1n) is 10.9. The van der Waals surface area contributed by atoms with Gasteiger partial charge in [-0.3, -0.25) is 4.79 Å². The third-order valence-electron chi connectivity index (χ3n) is 5.63. The molecule has 0 spiro atoms. The molecule has 166 valence electrons. The second kappa shape index (κ2) is 10.5. The molecule has 32 heavy (non-hydrogen) atoms. The number of methoxy groups -OCH3 is 1. The zero-order valence-corrected chi connectivity index (χ0v) is 19.4. The number of rotatable bonds is 6. The molecule has 1 heterocycles. The van der Waals surface area contributed by atoms with Crippen molar-refractivity contribution >= 4 is 29.2 Å². The smallest absolute Gasteiger partial charge is 0.253 e. The molecule has 0 unspecified atom stereocenters. The van der Waals surface area contributed by atoms with E-state index >= 15 is 0 Å². The Kier molecular flexibility index (Phi) is 7.22. The number of nitrogens with one attached hydrogen (secondary N) is 1. The molecule has 5 nitrogen and oxygen atoms in total. The van der Waals surface area contributed by atoms with E-state index in [4.69, 9.17) is 4.74 Å². The highest BCUT2D eigenvalue weighted by Crippen LogP contribution is 2.29. The van der Waals surface area contributed by atoms with Gasteiger partial charge < -0.3 is 19.3 Å². The molecule has 1 aliphatic heterocycles. The van der Waals surface area contributed by atoms with E-state index < -0.39 is 0 Å². The Balaban J connectivity index is 1.39. The van der Waals surface area contributed by atoms with Crippen LogP contribution in [0.1, 0.15) is 22.3 Å². The van der Waals surface area contributed by atoms with Crippen LogP contribution in [0.4, 0.5) is 11.4 Å². The molecule has 1 saturated heterocycles. The quantitative estimate of drug-likeness (QED) is 0.507. The molecular formula is C26H29N3O2S. The molecule has 3 aromatic rings. The number of aryl methyl sites for hydroxylation is 1. The van der Waals surface area contributed by atoms with E-state index in [1.807, 2.05) is 47.4 Å². The fraction of sp³-hybridized carbons (Fsp3) is 0.269. The first kappa shape index (κ1) is 22.1. The number of hydrogen-bond acceptors (Lipinski definition) is 5. The van der Waals surface area contributed by atoms with E-state index in [9.17, 15) is 4.79 Å². The number of amides is 1. The van der Waals surface area contributed by atoms with Gasteiger partial charge in [0.1, 0.15) is 5.75 Å². The number of carbonyl (C=O) groups excluding carboxylic acids is 1. The average Bonchev–Trinajstić information content (AvgIpc) is 3.09. The lowest BCUT2D eigenvalue weighted by atomic mass is 10.2. The van der Waals surface area contributed by atoms with Crippen LogP contribution in [0.15, 0.2) is 77.7 Å². The Labute approximate surface area is 194 Å². The maximum Gasteiger partial charge on any atom is 0.253 e. The van der Waals surface area contributed by atoms with E-state index in [-0.39, 0.29) is 5.91 Å². The summed E-state index contributed by atoms with van der Waals surface area (Å²) in [5.74, 6) is 0.961. The Morgan fingerprint density at radius 1 is 0.938 bits per heavy atom. The molecule has 0 bridgehead atoms. The second-order valence-electron chi connectivity index (χ2n) is 7.90. The number of ether oxygens (including phenoxy) is 1. The van der Waals surface area contributed by atoms with Crippen LogP contribution in [-0.2, 0) is 0 Å². The van der Waals surface area contributed by atoms with Gasteiger partial charge in [0, 0.05) is 42.3 Å². The van der Waals surface area contributed by atoms with Crippen LogP contribution in [-0.4, -0.2) is 44.1 Å². The predicted octanol–water partition coefficient (Wildman–Crippen LogP) is 5.48. The second-order valence-corrected chi connectivity index (χ2v) is 8.78. The molecule has 0 radical (unpaired) electrons. The molecule has 0 aromatic heterocycles. The van der Waals surface area contributed by atoms with Crippen molar-refractivity contribution in [3.63, 3.8) is 0 Å². The van der Waals surface area contributed by atoms with E-state index in [0.29, 0.717) is 6.54 Å². The van der Waals surface area contributed by atoms with Gasteiger partial charge in [-0.05, 0) is 67.8 Å². The number of anilines is 2. The van der Waals surface area contributed by atoms with E-state index in [1.165, 1.54) is 17.5 Å². The summed E-state index contributed by atoms with van der Waals surface area (Å²) in [5, 5.41) is 0. The number of benzene rings is 3. The number of para-hydroxylation sites is 2. The zero-order chi connectivity index (χ0) is 22.3. The normalized spacial score (nSPS) is 14.1. The summed E-state index contributed by atoms with van der Waals surface area (Å²) < 4.78 is 8.88. The van der Waals surface area contributed by atoms with Gasteiger partial charge in [-0.25, -0.2) is 0 Å². The highest BCUT2D eigenvalue weighted by atomic mass is 32.2. The Morgan fingerprint density at radius 2 is 1.75 bits per heavy atom. The number of carbonyl (C=O) groups is 1. The highest BCUT2D eigenvalue weighted by molar-refractivity contribution is 8.00. The van der Waals surface area contributed by atoms with Crippen molar-refractivity contribution in [3.8, 4) is 5.75 Å². The number of hydrogen-bond donors (Lipinski definition) is 1. The third-order valence-corrected chi connectivity index (χ3v) is 6.46. The maximum absolute atomic E-state index is 13.2. The van der Waals surface area contributed by atoms with Crippen LogP contribution in [0.2, 0.25) is 0 Å². The van der Waals surface area contributed by atoms with Crippen LogP contribution < -0.4 is 14.4 Å². The molecule has 6 heteroatoms. The first-order valence-corrected chi connectivity index (χ1v) is 11.7. The van der Waals surface area contributed by atoms with E-state index in [0.717, 1.165) is 53.6 Å². The highest BCUT2D eigenvalue weighted by Gasteiger charge is 2.22. The number of nitrogens with zero attached hydrogens (tertiary/aromatic N) is 2. The summed E-state index contributed by atoms with van der Waals surface area (Å²) in [7, 11) is 1.70. The van der Waals surface area contributed by atoms with Crippen LogP contribution in [0.25, 0.3) is 0 Å². The molecule has 1 fully saturated rings. The van der Waals surface area contributed by atoms with Crippen LogP contribution >= 0.6 is 11.9 Å². The molecule has 0 saturated carbocycles. The lowest BCUT2D eigenvalue weighted by molar-refractivity contribution is 0.0767. The molecule has 1 aliphatic rings. The molecule has 1 amide bonds. The van der Waals surface area contributed by atoms with Crippen molar-refractivity contribution in [2.24, 2.45) is 0 Å². The fourth-order valence-corrected chi connectivity index (χ4v) is 4.57. The third kappa shape index (κ3) is 5.37. The monoisotopic (exact) mass is 447 g/mol. The predicted molar refractivity (Wildman–Crippen MR) is 133 cm³/mol. The van der Waals surface area contributed by atoms with Crippen molar-refractivity contribution in [1.29, 1.82) is 0 Å². The summed E-state index contributed by atoms with van der Waals surface area (Å²) >= 11 is 1.52. The molecule has 0 aliphatic carbocycles. The topological polar surface area (TPSA) is 44.8 Å². The summed E-state index contributed by atoms with van der Waals surface area (Å²) in [6.45, 7) is 5.21. The van der Waals surface area contributed by atoms with Crippen molar-refractivity contribution in [1.82, 2.24) is 4.90 Å². The summed E-state index contributed by atoms with van der Waals surface area (Å²) in [6, 6.07) is 24.2. The lowest BCUT2D eigenvalue weighted by Gasteiger charge is -2.25. The Hall–Kier alpha value is -3.12. The molecule has 4 rings (SSSR count). The van der Waals surface area contributed by atoms with E-state index in [1.54, 1.807) is 7.11 Å². The fourth-order valence-electron chi connectivity index (χ4n) is 3.87. The van der Waals surface area contributed by atoms with Gasteiger partial charge in [-0.1, -0.05) is 35.9 Å². The van der Waals surface area contributed by atoms with Gasteiger partial charge in [0.2, 0.25) is 0 Å². The van der Waals surface area contributed by atoms with Gasteiger partial charge in [-0.2, -0.15) is 0 Å². The van der Waals surface area contributed by atoms with Crippen LogP contribution in [0.3, 0.4) is 0 Å². The van der Waals surface area contributed by atoms with Gasteiger partial charge >= 0.3 is 0 Å². The van der Waals surface area contributed by atoms with Crippen molar-refractivity contribution in [2.75, 3.05) is 42.9 Å². The molecular weight excluding hydrogens is 418 g/mol. The minimum Gasteiger partial charge on any atom is -0.495 e. The standard InChI is InChI=1S/C26H29N3O2S/c1-20-11-13-22(14-12-20)27-32-23-8-5-7-21(19-23)26(30)29-16-6-15-28(17-18-29)24-9-3-4-10-25(24)31-2/h3-5,7-14,19,27H,6,15-18H2,1-2H3. The van der Waals surface area contributed by atoms with Crippen LogP contribution in [0, 0.1) is 6.92 Å². The molecule has 0 atom stereocenters. The van der Waals surface area contributed by atoms with Gasteiger partial charge in [-0.15, -0.1) is 0 Å². The van der Waals surface area contributed by atoms with Gasteiger partial charge in [0.25, 0.3) is 5.91 Å². The van der Waals surface area contributed by atoms with Gasteiger partial charge in [0.15, 0.2) is 0 Å². The minimum absolute atomic E-state index is 0.0877. The Bertz CT molecular complexity index is 1050. The average molecular weight is 448 g/mol. The lowest BCUT2D eigenvalue weighted by Crippen LogP contribution is -2.35. The summed E-state index contributed by atoms with van der Waals surface area (Å²) in [6.07, 6.45) is 0.924. The maximum atomic E-state index is 13.2. The molecule has 1 N–H and O–H groups in total. The van der Waals surface area contributed by atoms with Crippen molar-refractivity contribution in [2.45, 2.75) is 18.2 Å². The first-order chi connectivity index (χ1) is 15.6. The summed E-state index contributed by atoms with van der Waals surface area (Å²) in [5.41, 5.74) is 4.09. The SMILES string of the molecule is COc1ccccc1N1CCCN(C(=O)c2cccc(SNc3ccc(C)cc3)c2)CC1. The largest absolute Gasteiger partial charge is 0.495 e. The van der Waals surface area contributed by atoms with Crippen LogP contribution in [0.5, 0.6) is 5.75 Å². The minimum atomic E-state index is 0.0877. The van der Waals surface area contributed by atoms with E-state index in [2.05, 4.69) is 46.9 Å². The Morgan fingerprint density at radius 3 is 2.56 bits per heavy atom. The van der Waals surface area contributed by atoms with Crippen molar-refractivity contribution in [3.05, 3.63) is 83.9 Å². The zero-order valence-electron chi connectivity index (χ0n) is 18.6.